The molecule has 1 aromatic carbocycles. The van der Waals surface area contributed by atoms with Crippen molar-refractivity contribution in [3.63, 3.8) is 0 Å². The van der Waals surface area contributed by atoms with Gasteiger partial charge in [0, 0.05) is 5.56 Å². The molecule has 2 rings (SSSR count). The molecule has 0 amide bonds. The quantitative estimate of drug-likeness (QED) is 0.830. The van der Waals surface area contributed by atoms with E-state index in [4.69, 9.17) is 4.74 Å². The molecule has 0 heterocycles. The molecular formula is C18H24O3. The third-order valence-corrected chi connectivity index (χ3v) is 4.27. The monoisotopic (exact) mass is 288 g/mol. The van der Waals surface area contributed by atoms with Crippen molar-refractivity contribution in [2.75, 3.05) is 7.11 Å². The number of hydrogen-bond acceptors (Lipinski definition) is 3. The number of methoxy groups -OCH3 is 1. The zero-order valence-electron chi connectivity index (χ0n) is 13.1. The Morgan fingerprint density at radius 1 is 1.38 bits per heavy atom. The molecule has 1 aliphatic carbocycles. The molecular weight excluding hydrogens is 264 g/mol. The predicted octanol–water partition coefficient (Wildman–Crippen LogP) is 4.09. The van der Waals surface area contributed by atoms with Crippen LogP contribution in [0.3, 0.4) is 0 Å². The number of fused-ring (bicyclic) bond motifs is 1. The predicted molar refractivity (Wildman–Crippen MR) is 84.1 cm³/mol. The average Bonchev–Trinajstić information content (AvgIpc) is 2.47. The van der Waals surface area contributed by atoms with Gasteiger partial charge in [-0.3, -0.25) is 4.79 Å². The Kier molecular flexibility index (Phi) is 4.71. The maximum Gasteiger partial charge on any atom is 0.311 e. The summed E-state index contributed by atoms with van der Waals surface area (Å²) in [5.41, 5.74) is 3.07. The lowest BCUT2D eigenvalue weighted by molar-refractivity contribution is -0.151. The van der Waals surface area contributed by atoms with E-state index < -0.39 is 5.41 Å². The highest BCUT2D eigenvalue weighted by Gasteiger charge is 2.28. The molecule has 3 heteroatoms. The third kappa shape index (κ3) is 3.46. The van der Waals surface area contributed by atoms with Crippen LogP contribution >= 0.6 is 0 Å². The molecule has 0 radical (unpaired) electrons. The van der Waals surface area contributed by atoms with Crippen molar-refractivity contribution in [3.05, 3.63) is 35.4 Å². The van der Waals surface area contributed by atoms with Crippen molar-refractivity contribution in [1.82, 2.24) is 0 Å². The number of carbonyl (C=O) groups excluding carboxylic acids is 1. The van der Waals surface area contributed by atoms with Gasteiger partial charge in [-0.05, 0) is 63.2 Å². The lowest BCUT2D eigenvalue weighted by atomic mass is 9.83. The van der Waals surface area contributed by atoms with E-state index in [-0.39, 0.29) is 5.97 Å². The van der Waals surface area contributed by atoms with E-state index in [9.17, 15) is 9.90 Å². The molecule has 0 saturated carbocycles. The molecule has 0 aromatic heterocycles. The first-order valence-corrected chi connectivity index (χ1v) is 7.54. The molecule has 114 valence electrons. The lowest BCUT2D eigenvalue weighted by Gasteiger charge is -2.23. The Bertz CT molecular complexity index is 556. The molecule has 1 aromatic rings. The van der Waals surface area contributed by atoms with E-state index in [0.717, 1.165) is 43.2 Å². The maximum absolute atomic E-state index is 11.7. The molecule has 0 saturated heterocycles. The first kappa shape index (κ1) is 15.6. The van der Waals surface area contributed by atoms with Crippen molar-refractivity contribution >= 4 is 11.5 Å². The summed E-state index contributed by atoms with van der Waals surface area (Å²) >= 11 is 0. The zero-order valence-corrected chi connectivity index (χ0v) is 13.1. The summed E-state index contributed by atoms with van der Waals surface area (Å²) in [6.45, 7) is 3.85. The Labute approximate surface area is 126 Å². The van der Waals surface area contributed by atoms with Gasteiger partial charge in [-0.2, -0.15) is 0 Å². The van der Waals surface area contributed by atoms with Gasteiger partial charge in [-0.25, -0.2) is 0 Å². The largest absolute Gasteiger partial charge is 0.508 e. The number of aromatic hydroxyl groups is 1. The highest BCUT2D eigenvalue weighted by atomic mass is 16.5. The minimum Gasteiger partial charge on any atom is -0.508 e. The molecule has 0 bridgehead atoms. The number of esters is 1. The highest BCUT2D eigenvalue weighted by Crippen LogP contribution is 2.36. The van der Waals surface area contributed by atoms with Crippen LogP contribution in [0.5, 0.6) is 5.75 Å². The van der Waals surface area contributed by atoms with E-state index in [1.807, 2.05) is 19.9 Å². The van der Waals surface area contributed by atoms with E-state index in [1.54, 1.807) is 6.07 Å². The summed E-state index contributed by atoms with van der Waals surface area (Å²) in [6, 6.07) is 5.72. The topological polar surface area (TPSA) is 46.5 Å². The van der Waals surface area contributed by atoms with Crippen LogP contribution in [0.2, 0.25) is 0 Å². The SMILES string of the molecule is COC(=O)C(C)(C)CCCC1=CCCc2c(O)cccc21. The van der Waals surface area contributed by atoms with Gasteiger partial charge in [0.2, 0.25) is 0 Å². The maximum atomic E-state index is 11.7. The number of allylic oxidation sites excluding steroid dienone is 2. The minimum atomic E-state index is -0.439. The molecule has 21 heavy (non-hydrogen) atoms. The van der Waals surface area contributed by atoms with Crippen molar-refractivity contribution in [2.45, 2.75) is 46.0 Å². The molecule has 0 atom stereocenters. The number of ether oxygens (including phenoxy) is 1. The molecule has 3 nitrogen and oxygen atoms in total. The van der Waals surface area contributed by atoms with Gasteiger partial charge < -0.3 is 9.84 Å². The average molecular weight is 288 g/mol. The second kappa shape index (κ2) is 6.33. The second-order valence-corrected chi connectivity index (χ2v) is 6.30. The van der Waals surface area contributed by atoms with Crippen molar-refractivity contribution in [3.8, 4) is 5.75 Å². The Morgan fingerprint density at radius 2 is 2.14 bits per heavy atom. The fraction of sp³-hybridized carbons (Fsp3) is 0.500. The molecule has 0 spiro atoms. The van der Waals surface area contributed by atoms with E-state index >= 15 is 0 Å². The van der Waals surface area contributed by atoms with Crippen LogP contribution in [0, 0.1) is 5.41 Å². The fourth-order valence-electron chi connectivity index (χ4n) is 2.97. The van der Waals surface area contributed by atoms with Crippen LogP contribution in [0.15, 0.2) is 24.3 Å². The molecule has 0 aliphatic heterocycles. The minimum absolute atomic E-state index is 0.154. The summed E-state index contributed by atoms with van der Waals surface area (Å²) in [5, 5.41) is 9.95. The van der Waals surface area contributed by atoms with Gasteiger partial charge in [-0.1, -0.05) is 18.2 Å². The van der Waals surface area contributed by atoms with Crippen LogP contribution in [-0.2, 0) is 16.0 Å². The molecule has 0 unspecified atom stereocenters. The van der Waals surface area contributed by atoms with Crippen LogP contribution in [0.25, 0.3) is 5.57 Å². The van der Waals surface area contributed by atoms with Gasteiger partial charge in [0.05, 0.1) is 12.5 Å². The van der Waals surface area contributed by atoms with Crippen LogP contribution in [-0.4, -0.2) is 18.2 Å². The summed E-state index contributed by atoms with van der Waals surface area (Å²) < 4.78 is 4.84. The molecule has 1 N–H and O–H groups in total. The van der Waals surface area contributed by atoms with Gasteiger partial charge >= 0.3 is 5.97 Å². The third-order valence-electron chi connectivity index (χ3n) is 4.27. The van der Waals surface area contributed by atoms with Gasteiger partial charge in [-0.15, -0.1) is 0 Å². The van der Waals surface area contributed by atoms with Gasteiger partial charge in [0.25, 0.3) is 0 Å². The van der Waals surface area contributed by atoms with E-state index in [0.29, 0.717) is 5.75 Å². The normalized spacial score (nSPS) is 14.3. The van der Waals surface area contributed by atoms with Crippen molar-refractivity contribution in [1.29, 1.82) is 0 Å². The number of carbonyl (C=O) groups is 1. The Hall–Kier alpha value is -1.77. The van der Waals surface area contributed by atoms with Crippen LogP contribution in [0.4, 0.5) is 0 Å². The standard InChI is InChI=1S/C18H24O3/c1-18(2,17(20)21-3)12-6-8-13-7-4-10-15-14(13)9-5-11-16(15)19/h5,7,9,11,19H,4,6,8,10,12H2,1-3H3. The number of phenols is 1. The van der Waals surface area contributed by atoms with Gasteiger partial charge in [0.1, 0.15) is 5.75 Å². The molecule has 1 aliphatic rings. The van der Waals surface area contributed by atoms with E-state index in [2.05, 4.69) is 12.1 Å². The number of rotatable bonds is 5. The highest BCUT2D eigenvalue weighted by molar-refractivity contribution is 5.76. The van der Waals surface area contributed by atoms with Crippen LogP contribution in [0.1, 0.15) is 50.7 Å². The zero-order chi connectivity index (χ0) is 15.5. The Balaban J connectivity index is 2.01. The molecule has 0 fully saturated rings. The number of benzene rings is 1. The first-order chi connectivity index (χ1) is 9.95. The van der Waals surface area contributed by atoms with Crippen molar-refractivity contribution < 1.29 is 14.6 Å². The number of hydrogen-bond donors (Lipinski definition) is 1. The smallest absolute Gasteiger partial charge is 0.311 e. The first-order valence-electron chi connectivity index (χ1n) is 7.54. The summed E-state index contributed by atoms with van der Waals surface area (Å²) in [5.74, 6) is 0.242. The summed E-state index contributed by atoms with van der Waals surface area (Å²) in [6.07, 6.45) is 6.79. The summed E-state index contributed by atoms with van der Waals surface area (Å²) in [7, 11) is 1.44. The Morgan fingerprint density at radius 3 is 2.86 bits per heavy atom. The van der Waals surface area contributed by atoms with Crippen LogP contribution < -0.4 is 0 Å². The summed E-state index contributed by atoms with van der Waals surface area (Å²) in [4.78, 5) is 11.7. The van der Waals surface area contributed by atoms with Gasteiger partial charge in [0.15, 0.2) is 0 Å². The fourth-order valence-corrected chi connectivity index (χ4v) is 2.97. The lowest BCUT2D eigenvalue weighted by Crippen LogP contribution is -2.25. The van der Waals surface area contributed by atoms with E-state index in [1.165, 1.54) is 12.7 Å². The number of phenolic OH excluding ortho intramolecular Hbond substituents is 1. The van der Waals surface area contributed by atoms with Crippen molar-refractivity contribution in [2.24, 2.45) is 5.41 Å². The second-order valence-electron chi connectivity index (χ2n) is 6.30.